The van der Waals surface area contributed by atoms with Crippen molar-refractivity contribution < 1.29 is 0 Å². The number of aromatic nitrogens is 1. The standard InChI is InChI=1S/C12H18Cl2N4/c1-2-3-8-4-5-18(7-8)12-10(14)6-9(13)11(16-12)17-15/h6,8H,2-5,7,15H2,1H3,(H,16,17). The van der Waals surface area contributed by atoms with Crippen molar-refractivity contribution in [1.82, 2.24) is 4.98 Å². The fourth-order valence-corrected chi connectivity index (χ4v) is 2.98. The summed E-state index contributed by atoms with van der Waals surface area (Å²) in [4.78, 5) is 6.60. The van der Waals surface area contributed by atoms with Crippen LogP contribution in [0.4, 0.5) is 11.6 Å². The molecule has 3 N–H and O–H groups in total. The Hall–Kier alpha value is -0.710. The zero-order valence-electron chi connectivity index (χ0n) is 10.4. The van der Waals surface area contributed by atoms with E-state index < -0.39 is 0 Å². The lowest BCUT2D eigenvalue weighted by atomic mass is 10.0. The zero-order valence-corrected chi connectivity index (χ0v) is 11.9. The number of hydrazine groups is 1. The van der Waals surface area contributed by atoms with E-state index in [0.29, 0.717) is 15.9 Å². The van der Waals surface area contributed by atoms with Crippen molar-refractivity contribution in [2.75, 3.05) is 23.4 Å². The summed E-state index contributed by atoms with van der Waals surface area (Å²) in [6, 6.07) is 1.69. The molecular formula is C12H18Cl2N4. The fourth-order valence-electron chi connectivity index (χ4n) is 2.45. The first-order chi connectivity index (χ1) is 8.65. The molecule has 0 radical (unpaired) electrons. The predicted molar refractivity (Wildman–Crippen MR) is 77.3 cm³/mol. The van der Waals surface area contributed by atoms with Crippen molar-refractivity contribution in [2.24, 2.45) is 11.8 Å². The van der Waals surface area contributed by atoms with Gasteiger partial charge in [0.15, 0.2) is 5.82 Å². The molecule has 0 bridgehead atoms. The molecule has 2 rings (SSSR count). The molecule has 0 saturated carbocycles. The molecule has 1 saturated heterocycles. The van der Waals surface area contributed by atoms with E-state index in [1.807, 2.05) is 0 Å². The first kappa shape index (κ1) is 13.7. The predicted octanol–water partition coefficient (Wildman–Crippen LogP) is 3.30. The van der Waals surface area contributed by atoms with Gasteiger partial charge in [0.1, 0.15) is 5.82 Å². The van der Waals surface area contributed by atoms with Gasteiger partial charge in [-0.15, -0.1) is 0 Å². The van der Waals surface area contributed by atoms with Crippen LogP contribution in [0.25, 0.3) is 0 Å². The minimum Gasteiger partial charge on any atom is -0.355 e. The number of rotatable bonds is 4. The number of nitrogens with zero attached hydrogens (tertiary/aromatic N) is 2. The summed E-state index contributed by atoms with van der Waals surface area (Å²) in [7, 11) is 0. The number of hydrogen-bond acceptors (Lipinski definition) is 4. The van der Waals surface area contributed by atoms with Crippen LogP contribution in [0.3, 0.4) is 0 Å². The highest BCUT2D eigenvalue weighted by atomic mass is 35.5. The number of anilines is 2. The zero-order chi connectivity index (χ0) is 13.1. The topological polar surface area (TPSA) is 54.2 Å². The Balaban J connectivity index is 2.18. The molecule has 1 aliphatic heterocycles. The van der Waals surface area contributed by atoms with Gasteiger partial charge in [0, 0.05) is 13.1 Å². The Labute approximate surface area is 117 Å². The second kappa shape index (κ2) is 5.95. The average molecular weight is 289 g/mol. The summed E-state index contributed by atoms with van der Waals surface area (Å²) in [5.41, 5.74) is 2.49. The molecular weight excluding hydrogens is 271 g/mol. The maximum Gasteiger partial charge on any atom is 0.161 e. The van der Waals surface area contributed by atoms with Crippen molar-refractivity contribution in [2.45, 2.75) is 26.2 Å². The van der Waals surface area contributed by atoms with Gasteiger partial charge in [-0.2, -0.15) is 0 Å². The van der Waals surface area contributed by atoms with Crippen LogP contribution in [-0.2, 0) is 0 Å². The highest BCUT2D eigenvalue weighted by molar-refractivity contribution is 6.37. The summed E-state index contributed by atoms with van der Waals surface area (Å²) in [6.45, 7) is 4.21. The lowest BCUT2D eigenvalue weighted by Gasteiger charge is -2.20. The first-order valence-electron chi connectivity index (χ1n) is 6.23. The molecule has 1 atom stereocenters. The Morgan fingerprint density at radius 2 is 2.28 bits per heavy atom. The Bertz CT molecular complexity index is 425. The number of pyridine rings is 1. The normalized spacial score (nSPS) is 19.3. The van der Waals surface area contributed by atoms with Crippen LogP contribution in [0.2, 0.25) is 10.0 Å². The van der Waals surface area contributed by atoms with E-state index in [2.05, 4.69) is 22.2 Å². The van der Waals surface area contributed by atoms with Crippen LogP contribution in [0.15, 0.2) is 6.07 Å². The van der Waals surface area contributed by atoms with Crippen molar-refractivity contribution in [1.29, 1.82) is 0 Å². The lowest BCUT2D eigenvalue weighted by Crippen LogP contribution is -2.22. The van der Waals surface area contributed by atoms with Crippen molar-refractivity contribution in [3.63, 3.8) is 0 Å². The van der Waals surface area contributed by atoms with Crippen LogP contribution in [0, 0.1) is 5.92 Å². The largest absolute Gasteiger partial charge is 0.355 e. The van der Waals surface area contributed by atoms with E-state index in [1.165, 1.54) is 19.3 Å². The molecule has 0 aliphatic carbocycles. The number of nitrogens with two attached hydrogens (primary N) is 1. The maximum absolute atomic E-state index is 6.21. The molecule has 0 amide bonds. The number of hydrogen-bond donors (Lipinski definition) is 2. The van der Waals surface area contributed by atoms with Gasteiger partial charge >= 0.3 is 0 Å². The van der Waals surface area contributed by atoms with Gasteiger partial charge in [0.05, 0.1) is 10.0 Å². The van der Waals surface area contributed by atoms with Gasteiger partial charge in [-0.05, 0) is 24.8 Å². The van der Waals surface area contributed by atoms with Crippen LogP contribution < -0.4 is 16.2 Å². The SMILES string of the molecule is CCCC1CCN(c2nc(NN)c(Cl)cc2Cl)C1. The lowest BCUT2D eigenvalue weighted by molar-refractivity contribution is 0.529. The van der Waals surface area contributed by atoms with Gasteiger partial charge in [-0.25, -0.2) is 10.8 Å². The molecule has 18 heavy (non-hydrogen) atoms. The third-order valence-corrected chi connectivity index (χ3v) is 3.90. The van der Waals surface area contributed by atoms with Gasteiger partial charge in [0.2, 0.25) is 0 Å². The molecule has 4 nitrogen and oxygen atoms in total. The van der Waals surface area contributed by atoms with E-state index in [0.717, 1.165) is 24.8 Å². The van der Waals surface area contributed by atoms with E-state index in [1.54, 1.807) is 6.07 Å². The summed E-state index contributed by atoms with van der Waals surface area (Å²) in [5.74, 6) is 7.36. The highest BCUT2D eigenvalue weighted by Gasteiger charge is 2.25. The quantitative estimate of drug-likeness (QED) is 0.659. The van der Waals surface area contributed by atoms with Gasteiger partial charge < -0.3 is 10.3 Å². The van der Waals surface area contributed by atoms with Gasteiger partial charge in [0.25, 0.3) is 0 Å². The Morgan fingerprint density at radius 3 is 2.94 bits per heavy atom. The molecule has 0 aromatic carbocycles. The van der Waals surface area contributed by atoms with Gasteiger partial charge in [-0.3, -0.25) is 0 Å². The second-order valence-electron chi connectivity index (χ2n) is 4.66. The monoisotopic (exact) mass is 288 g/mol. The summed E-state index contributed by atoms with van der Waals surface area (Å²) >= 11 is 12.2. The van der Waals surface area contributed by atoms with Crippen LogP contribution in [-0.4, -0.2) is 18.1 Å². The Kier molecular flexibility index (Phi) is 4.54. The van der Waals surface area contributed by atoms with Crippen molar-refractivity contribution >= 4 is 34.8 Å². The number of nitrogen functional groups attached to an aromatic ring is 1. The maximum atomic E-state index is 6.21. The fraction of sp³-hybridized carbons (Fsp3) is 0.583. The second-order valence-corrected chi connectivity index (χ2v) is 5.47. The molecule has 1 fully saturated rings. The molecule has 0 spiro atoms. The smallest absolute Gasteiger partial charge is 0.161 e. The first-order valence-corrected chi connectivity index (χ1v) is 6.99. The number of nitrogens with one attached hydrogen (secondary N) is 1. The minimum atomic E-state index is 0.440. The average Bonchev–Trinajstić information content (AvgIpc) is 2.78. The summed E-state index contributed by atoms with van der Waals surface area (Å²) in [6.07, 6.45) is 3.67. The highest BCUT2D eigenvalue weighted by Crippen LogP contribution is 2.34. The van der Waals surface area contributed by atoms with E-state index >= 15 is 0 Å². The molecule has 1 aromatic heterocycles. The van der Waals surface area contributed by atoms with E-state index in [9.17, 15) is 0 Å². The van der Waals surface area contributed by atoms with Crippen LogP contribution in [0.1, 0.15) is 26.2 Å². The molecule has 100 valence electrons. The molecule has 1 unspecified atom stereocenters. The van der Waals surface area contributed by atoms with Crippen molar-refractivity contribution in [3.05, 3.63) is 16.1 Å². The molecule has 6 heteroatoms. The third kappa shape index (κ3) is 2.82. The van der Waals surface area contributed by atoms with Gasteiger partial charge in [-0.1, -0.05) is 36.5 Å². The van der Waals surface area contributed by atoms with Crippen LogP contribution >= 0.6 is 23.2 Å². The molecule has 2 heterocycles. The Morgan fingerprint density at radius 1 is 1.50 bits per heavy atom. The summed E-state index contributed by atoms with van der Waals surface area (Å²) < 4.78 is 0. The van der Waals surface area contributed by atoms with Crippen molar-refractivity contribution in [3.8, 4) is 0 Å². The minimum absolute atomic E-state index is 0.440. The van der Waals surface area contributed by atoms with E-state index in [-0.39, 0.29) is 0 Å². The van der Waals surface area contributed by atoms with E-state index in [4.69, 9.17) is 29.0 Å². The molecule has 1 aromatic rings. The number of halogens is 2. The summed E-state index contributed by atoms with van der Waals surface area (Å²) in [5, 5.41) is 1.02. The molecule has 1 aliphatic rings. The van der Waals surface area contributed by atoms with Crippen LogP contribution in [0.5, 0.6) is 0 Å². The third-order valence-electron chi connectivity index (χ3n) is 3.33.